The molecule has 35 nitrogen and oxygen atoms in total. The number of benzene rings is 4. The number of nitrogens with zero attached hydrogens (tertiary/aromatic N) is 10. The van der Waals surface area contributed by atoms with Crippen LogP contribution in [-0.2, 0) is 102 Å². The molecular formula is C88H126N16O19. The van der Waals surface area contributed by atoms with Crippen molar-refractivity contribution in [3.05, 3.63) is 120 Å². The molecule has 12 unspecified atom stereocenters. The van der Waals surface area contributed by atoms with Crippen LogP contribution in [0, 0.1) is 10.8 Å². The molecule has 2 saturated heterocycles. The number of hydrogen-bond acceptors (Lipinski definition) is 23. The van der Waals surface area contributed by atoms with E-state index in [2.05, 4.69) is 47.2 Å². The van der Waals surface area contributed by atoms with Crippen molar-refractivity contribution in [2.24, 2.45) is 16.6 Å². The van der Waals surface area contributed by atoms with Crippen molar-refractivity contribution in [3.8, 4) is 0 Å². The highest BCUT2D eigenvalue weighted by molar-refractivity contribution is 5.98. The van der Waals surface area contributed by atoms with E-state index < -0.39 is 177 Å². The lowest BCUT2D eigenvalue weighted by Crippen LogP contribution is -2.62. The van der Waals surface area contributed by atoms with E-state index in [4.69, 9.17) is 34.2 Å². The van der Waals surface area contributed by atoms with Gasteiger partial charge < -0.3 is 75.6 Å². The Morgan fingerprint density at radius 2 is 0.854 bits per heavy atom. The van der Waals surface area contributed by atoms with Gasteiger partial charge in [0.2, 0.25) is 41.4 Å². The Morgan fingerprint density at radius 3 is 1.22 bits per heavy atom. The molecule has 0 saturated carbocycles. The van der Waals surface area contributed by atoms with Crippen LogP contribution >= 0.6 is 0 Å². The molecule has 2 aliphatic rings. The van der Waals surface area contributed by atoms with Gasteiger partial charge in [0.25, 0.3) is 0 Å². The van der Waals surface area contributed by atoms with Crippen molar-refractivity contribution in [2.75, 3.05) is 40.3 Å². The Kier molecular flexibility index (Phi) is 32.0. The van der Waals surface area contributed by atoms with Gasteiger partial charge in [-0.2, -0.15) is 0 Å². The Morgan fingerprint density at radius 1 is 0.488 bits per heavy atom. The average molecular weight is 1710 g/mol. The third-order valence-electron chi connectivity index (χ3n) is 20.8. The maximum Gasteiger partial charge on any atom is 0.410 e. The number of likely N-dealkylation sites (N-methyl/N-ethyl adjacent to an activating group) is 2. The molecule has 6 aromatic rings. The predicted molar refractivity (Wildman–Crippen MR) is 455 cm³/mol. The van der Waals surface area contributed by atoms with Crippen LogP contribution in [0.4, 0.5) is 9.59 Å². The molecule has 2 aliphatic heterocycles. The predicted octanol–water partition coefficient (Wildman–Crippen LogP) is 7.58. The number of hydrogen-bond donors (Lipinski definition) is 7. The van der Waals surface area contributed by atoms with E-state index in [1.165, 1.54) is 59.5 Å². The number of aromatic nitrogens is 6. The van der Waals surface area contributed by atoms with Crippen LogP contribution in [0.25, 0.3) is 21.5 Å². The van der Waals surface area contributed by atoms with E-state index in [1.807, 2.05) is 78.9 Å². The van der Waals surface area contributed by atoms with Crippen LogP contribution < -0.4 is 32.3 Å². The van der Waals surface area contributed by atoms with Crippen molar-refractivity contribution >= 4 is 93.0 Å². The first-order valence-corrected chi connectivity index (χ1v) is 41.6. The molecular weight excluding hydrogens is 1590 g/mol. The van der Waals surface area contributed by atoms with Gasteiger partial charge in [0.1, 0.15) is 82.1 Å². The van der Waals surface area contributed by atoms with Crippen molar-refractivity contribution in [1.82, 2.24) is 76.2 Å². The van der Waals surface area contributed by atoms with Crippen LogP contribution in [0.3, 0.4) is 0 Å². The van der Waals surface area contributed by atoms with E-state index in [9.17, 15) is 38.7 Å². The molecule has 4 aromatic carbocycles. The van der Waals surface area contributed by atoms with Crippen molar-refractivity contribution < 1.29 is 91.1 Å². The monoisotopic (exact) mass is 1710 g/mol. The Bertz CT molecular complexity index is 4770. The van der Waals surface area contributed by atoms with E-state index in [0.29, 0.717) is 11.1 Å². The summed E-state index contributed by atoms with van der Waals surface area (Å²) in [7, 11) is 2.78. The van der Waals surface area contributed by atoms with Crippen LogP contribution in [-0.4, -0.2) is 249 Å². The molecule has 9 amide bonds. The largest absolute Gasteiger partial charge is 0.480 e. The number of carboxylic acids is 1. The van der Waals surface area contributed by atoms with Gasteiger partial charge in [-0.1, -0.05) is 137 Å². The zero-order valence-corrected chi connectivity index (χ0v) is 75.0. The number of nitrogens with two attached hydrogens (primary N) is 1. The summed E-state index contributed by atoms with van der Waals surface area (Å²) in [6, 6.07) is 12.9. The van der Waals surface area contributed by atoms with Gasteiger partial charge in [-0.15, -0.1) is 10.2 Å². The maximum atomic E-state index is 15.7. The summed E-state index contributed by atoms with van der Waals surface area (Å²) >= 11 is 0. The standard InChI is InChI=1S/C88H126N16O19/c1-51(99(21)81(116)122-87(15,16)17)71(105)93-69(83(3,4)5)76(110)101-41-37-65(118-49-59-47-103(97-95-59)63(35-39-89)79(114)120-85(9,10)11)67(101)74(108)91-61(45-53-31-33-55-27-23-25-29-57(55)43-53)73(107)90-40-36-64(80(115)121-86(12,13)14)104-48-60(96-98-104)50-119-66-38-42-102(77(111)70(84(6,7)8)94-72(106)52(2)100(22)82(117)123-88(18,19)20)68(66)75(109)92-62(78(112)113)46-54-32-34-56-28-24-26-30-58(56)44-54/h23-34,43-44,47-48,51-52,61-70H,35-42,45-46,49-50,89H2,1-22H3,(H,90,107)(H,91,108)(H,92,109)(H,93,105)(H,94,106)(H,112,113). The van der Waals surface area contributed by atoms with E-state index in [-0.39, 0.29) is 89.3 Å². The Labute approximate surface area is 718 Å². The Hall–Kier alpha value is -11.2. The highest BCUT2D eigenvalue weighted by Crippen LogP contribution is 2.33. The molecule has 0 radical (unpaired) electrons. The van der Waals surface area contributed by atoms with Gasteiger partial charge in [-0.3, -0.25) is 43.4 Å². The summed E-state index contributed by atoms with van der Waals surface area (Å²) < 4.78 is 38.3. The lowest BCUT2D eigenvalue weighted by molar-refractivity contribution is -0.160. The molecule has 8 N–H and O–H groups in total. The summed E-state index contributed by atoms with van der Waals surface area (Å²) in [5.74, 6) is -7.98. The molecule has 0 spiro atoms. The Balaban J connectivity index is 1.08. The fraction of sp³-hybridized carbons (Fsp3) is 0.591. The van der Waals surface area contributed by atoms with Crippen molar-refractivity contribution in [3.63, 3.8) is 0 Å². The zero-order chi connectivity index (χ0) is 91.3. The number of carbonyl (C=O) groups is 12. The number of fused-ring (bicyclic) bond motifs is 2. The van der Waals surface area contributed by atoms with Gasteiger partial charge in [0.05, 0.1) is 37.8 Å². The minimum Gasteiger partial charge on any atom is -0.480 e. The molecule has 12 atom stereocenters. The molecule has 8 rings (SSSR count). The van der Waals surface area contributed by atoms with Gasteiger partial charge in [-0.05, 0) is 173 Å². The summed E-state index contributed by atoms with van der Waals surface area (Å²) in [5.41, 5.74) is 1.79. The first-order chi connectivity index (χ1) is 57.2. The molecule has 0 aliphatic carbocycles. The van der Waals surface area contributed by atoms with Crippen molar-refractivity contribution in [2.45, 2.75) is 285 Å². The molecule has 0 bridgehead atoms. The number of rotatable bonds is 33. The van der Waals surface area contributed by atoms with Gasteiger partial charge in [0, 0.05) is 46.6 Å². The summed E-state index contributed by atoms with van der Waals surface area (Å²) in [4.78, 5) is 178. The fourth-order valence-corrected chi connectivity index (χ4v) is 14.1. The third kappa shape index (κ3) is 27.1. The van der Waals surface area contributed by atoms with Gasteiger partial charge in [0.15, 0.2) is 12.1 Å². The van der Waals surface area contributed by atoms with E-state index in [1.54, 1.807) is 131 Å². The number of ether oxygens (including phenoxy) is 6. The van der Waals surface area contributed by atoms with Crippen molar-refractivity contribution in [1.29, 1.82) is 0 Å². The number of carboxylic acid groups (broad SMARTS) is 1. The second-order valence-electron chi connectivity index (χ2n) is 37.7. The molecule has 2 aromatic heterocycles. The van der Waals surface area contributed by atoms with Crippen LogP contribution in [0.1, 0.15) is 199 Å². The van der Waals surface area contributed by atoms with Crippen LogP contribution in [0.15, 0.2) is 97.3 Å². The average Bonchev–Trinajstić information content (AvgIpc) is 1.67. The smallest absolute Gasteiger partial charge is 0.410 e. The number of aliphatic carboxylic acids is 1. The minimum atomic E-state index is -1.51. The number of likely N-dealkylation sites (tertiary alicyclic amines) is 2. The van der Waals surface area contributed by atoms with Gasteiger partial charge in [-0.25, -0.2) is 33.3 Å². The second kappa shape index (κ2) is 40.4. The number of carbonyl (C=O) groups excluding carboxylic acids is 11. The van der Waals surface area contributed by atoms with Gasteiger partial charge >= 0.3 is 30.1 Å². The summed E-state index contributed by atoms with van der Waals surface area (Å²) in [6.45, 7) is 32.5. The SMILES string of the molecule is CC(C(=O)NC(C(=O)N1CCC(OCc2cn(C(CCNC(=O)C(Cc3ccc4ccccc4c3)NC(=O)C3C(OCc4cn(C(CCN)C(=O)OC(C)(C)C)nn4)CCN3C(=O)C(NC(=O)C(C)N(C)C(=O)OC(C)(C)C)C(C)(C)C)C(=O)OC(C)(C)C)nn2)C1C(=O)NC(Cc1ccc2ccccc2c1)C(=O)O)C(C)(C)C)N(C)C(=O)OC(C)(C)C. The van der Waals surface area contributed by atoms with Crippen LogP contribution in [0.5, 0.6) is 0 Å². The summed E-state index contributed by atoms with van der Waals surface area (Å²) in [6.07, 6.45) is -1.16. The van der Waals surface area contributed by atoms with Crippen LogP contribution in [0.2, 0.25) is 0 Å². The first kappa shape index (κ1) is 97.2. The minimum absolute atomic E-state index is 0.0209. The second-order valence-corrected chi connectivity index (χ2v) is 37.7. The molecule has 2 fully saturated rings. The molecule has 4 heterocycles. The third-order valence-corrected chi connectivity index (χ3v) is 20.8. The topological polar surface area (TPSA) is 441 Å². The highest BCUT2D eigenvalue weighted by atomic mass is 16.6. The summed E-state index contributed by atoms with van der Waals surface area (Å²) in [5, 5.41) is 45.6. The number of amides is 9. The molecule has 672 valence electrons. The first-order valence-electron chi connectivity index (χ1n) is 41.6. The quantitative estimate of drug-likeness (QED) is 0.0154. The van der Waals surface area contributed by atoms with E-state index >= 15 is 24.0 Å². The highest BCUT2D eigenvalue weighted by Gasteiger charge is 2.51. The van der Waals surface area contributed by atoms with E-state index in [0.717, 1.165) is 31.3 Å². The number of esters is 2. The lowest BCUT2D eigenvalue weighted by atomic mass is 9.85. The normalized spacial score (nSPS) is 17.9. The molecule has 123 heavy (non-hydrogen) atoms. The number of nitrogens with one attached hydrogen (secondary N) is 5. The molecule has 35 heteroatoms. The zero-order valence-electron chi connectivity index (χ0n) is 75.0. The fourth-order valence-electron chi connectivity index (χ4n) is 14.1. The maximum absolute atomic E-state index is 15.7. The lowest BCUT2D eigenvalue weighted by Gasteiger charge is -2.37.